The van der Waals surface area contributed by atoms with Crippen LogP contribution in [0, 0.1) is 6.92 Å². The van der Waals surface area contributed by atoms with E-state index in [-0.39, 0.29) is 31.5 Å². The summed E-state index contributed by atoms with van der Waals surface area (Å²) in [4.78, 5) is 24.5. The zero-order valence-corrected chi connectivity index (χ0v) is 32.0. The van der Waals surface area contributed by atoms with Gasteiger partial charge in [-0.3, -0.25) is 9.59 Å². The molecule has 4 aromatic carbocycles. The van der Waals surface area contributed by atoms with Gasteiger partial charge in [0.25, 0.3) is 0 Å². The first kappa shape index (κ1) is 41.6. The highest BCUT2D eigenvalue weighted by atomic mass is 16.5. The number of hydrogen-bond acceptors (Lipinski definition) is 10. The molecule has 0 saturated carbocycles. The Bertz CT molecular complexity index is 1970. The summed E-state index contributed by atoms with van der Waals surface area (Å²) in [7, 11) is 12.6. The summed E-state index contributed by atoms with van der Waals surface area (Å²) >= 11 is 0. The molecule has 0 aliphatic heterocycles. The topological polar surface area (TPSA) is 120 Å². The van der Waals surface area contributed by atoms with Crippen molar-refractivity contribution in [2.24, 2.45) is 0 Å². The lowest BCUT2D eigenvalue weighted by Gasteiger charge is -2.19. The maximum atomic E-state index is 12.6. The minimum Gasteiger partial charge on any atom is -0.496 e. The van der Waals surface area contributed by atoms with E-state index in [0.29, 0.717) is 52.9 Å². The van der Waals surface area contributed by atoms with Gasteiger partial charge in [-0.15, -0.1) is 0 Å². The van der Waals surface area contributed by atoms with Crippen molar-refractivity contribution in [3.63, 3.8) is 0 Å². The molecule has 0 aromatic heterocycles. The molecule has 12 heteroatoms. The van der Waals surface area contributed by atoms with E-state index in [2.05, 4.69) is 11.4 Å². The summed E-state index contributed by atoms with van der Waals surface area (Å²) in [5, 5.41) is 2.96. The quantitative estimate of drug-likeness (QED) is 0.132. The van der Waals surface area contributed by atoms with Gasteiger partial charge in [0.1, 0.15) is 5.75 Å². The average Bonchev–Trinajstić information content (AvgIpc) is 3.40. The zero-order chi connectivity index (χ0) is 37.9. The second-order valence-electron chi connectivity index (χ2n) is 11.8. The molecular formula is C41H47BNO10. The van der Waals surface area contributed by atoms with Crippen LogP contribution < -0.4 is 48.6 Å². The third-order valence-electron chi connectivity index (χ3n) is 8.67. The Hall–Kier alpha value is -5.78. The molecule has 1 atom stereocenters. The van der Waals surface area contributed by atoms with Crippen molar-refractivity contribution in [1.82, 2.24) is 5.32 Å². The highest BCUT2D eigenvalue weighted by Crippen LogP contribution is 2.50. The Kier molecular flexibility index (Phi) is 15.1. The van der Waals surface area contributed by atoms with Gasteiger partial charge < -0.3 is 43.2 Å². The molecule has 3 radical (unpaired) electrons. The Labute approximate surface area is 313 Å². The summed E-state index contributed by atoms with van der Waals surface area (Å²) in [6.07, 6.45) is 5.31. The van der Waals surface area contributed by atoms with Gasteiger partial charge in [-0.25, -0.2) is 0 Å². The molecule has 0 heterocycles. The fraction of sp³-hybridized carbons (Fsp3) is 0.317. The summed E-state index contributed by atoms with van der Waals surface area (Å²) in [5.41, 5.74) is 6.17. The first-order valence-corrected chi connectivity index (χ1v) is 16.5. The normalized spacial score (nSPS) is 12.7. The van der Waals surface area contributed by atoms with E-state index in [9.17, 15) is 9.59 Å². The number of amides is 1. The lowest BCUT2D eigenvalue weighted by atomic mass is 9.95. The van der Waals surface area contributed by atoms with Crippen LogP contribution in [-0.4, -0.2) is 71.2 Å². The Morgan fingerprint density at radius 2 is 1.19 bits per heavy atom. The lowest BCUT2D eigenvalue weighted by Crippen LogP contribution is -2.26. The molecule has 0 bridgehead atoms. The number of rotatable bonds is 11. The summed E-state index contributed by atoms with van der Waals surface area (Å²) < 4.78 is 43.3. The molecule has 4 aromatic rings. The highest BCUT2D eigenvalue weighted by Gasteiger charge is 2.29. The number of nitrogens with one attached hydrogen (secondary N) is 1. The maximum Gasteiger partial charge on any atom is 0.220 e. The Morgan fingerprint density at radius 3 is 1.72 bits per heavy atom. The van der Waals surface area contributed by atoms with Gasteiger partial charge in [-0.2, -0.15) is 0 Å². The second-order valence-corrected chi connectivity index (χ2v) is 11.8. The average molecular weight is 725 g/mol. The number of carbonyl (C=O) groups is 1. The molecule has 0 unspecified atom stereocenters. The van der Waals surface area contributed by atoms with Crippen molar-refractivity contribution in [2.45, 2.75) is 32.7 Å². The monoisotopic (exact) mass is 724 g/mol. The molecule has 0 saturated heterocycles. The fourth-order valence-electron chi connectivity index (χ4n) is 6.26. The standard InChI is InChI=1S/C22H25NO6.C19H22O4.B/c1-12(24)23-16-8-6-13-10-19(27-3)21(28-4)22(29-5)20(13)14-7-9-18(26-2)17(25)11-15(14)16;1-13-10-14(8-9-16(13)20-2)6-7-15-11-17(21-3)19(23-5)18(12-15)22-4;/h7,9-11,16H,6,8H2,1-5H3,(H,23,24);6-12H,1-5H3;/b;7-6-;/t16-;;/m0../s1. The minimum absolute atomic E-state index is 0. The van der Waals surface area contributed by atoms with Crippen LogP contribution in [0.3, 0.4) is 0 Å². The second kappa shape index (κ2) is 19.2. The van der Waals surface area contributed by atoms with Crippen LogP contribution in [0.4, 0.5) is 0 Å². The molecule has 0 spiro atoms. The van der Waals surface area contributed by atoms with Crippen molar-refractivity contribution in [3.8, 4) is 57.1 Å². The number of methoxy groups -OCH3 is 8. The summed E-state index contributed by atoms with van der Waals surface area (Å²) in [6, 6.07) is 16.4. The largest absolute Gasteiger partial charge is 0.496 e. The van der Waals surface area contributed by atoms with Crippen LogP contribution in [0.2, 0.25) is 0 Å². The minimum atomic E-state index is -0.332. The van der Waals surface area contributed by atoms with Gasteiger partial charge in [-0.1, -0.05) is 24.3 Å². The Morgan fingerprint density at radius 1 is 0.642 bits per heavy atom. The van der Waals surface area contributed by atoms with Gasteiger partial charge in [0.2, 0.25) is 22.8 Å². The van der Waals surface area contributed by atoms with Crippen LogP contribution in [0.1, 0.15) is 47.2 Å². The van der Waals surface area contributed by atoms with E-state index < -0.39 is 0 Å². The van der Waals surface area contributed by atoms with Crippen molar-refractivity contribution in [2.75, 3.05) is 56.9 Å². The molecular weight excluding hydrogens is 677 g/mol. The van der Waals surface area contributed by atoms with Crippen LogP contribution in [-0.2, 0) is 11.2 Å². The van der Waals surface area contributed by atoms with Crippen molar-refractivity contribution in [3.05, 3.63) is 92.6 Å². The zero-order valence-electron chi connectivity index (χ0n) is 32.0. The van der Waals surface area contributed by atoms with Crippen molar-refractivity contribution >= 4 is 26.5 Å². The third kappa shape index (κ3) is 9.37. The van der Waals surface area contributed by atoms with Gasteiger partial charge >= 0.3 is 0 Å². The molecule has 279 valence electrons. The molecule has 1 aliphatic rings. The third-order valence-corrected chi connectivity index (χ3v) is 8.67. The molecule has 53 heavy (non-hydrogen) atoms. The van der Waals surface area contributed by atoms with E-state index in [1.807, 2.05) is 55.5 Å². The fourth-order valence-corrected chi connectivity index (χ4v) is 6.26. The van der Waals surface area contributed by atoms with Gasteiger partial charge in [-0.05, 0) is 95.6 Å². The van der Waals surface area contributed by atoms with E-state index in [1.54, 1.807) is 55.8 Å². The number of fused-ring (bicyclic) bond motifs is 3. The summed E-state index contributed by atoms with van der Waals surface area (Å²) in [5.74, 6) is 4.35. The predicted molar refractivity (Wildman–Crippen MR) is 208 cm³/mol. The van der Waals surface area contributed by atoms with Gasteiger partial charge in [0.05, 0.1) is 62.9 Å². The SMILES string of the molecule is COc1cc2c(c(OC)c1OC)-c1ccc(OC)c(=O)cc1[C@@H](NC(C)=O)CC2.COc1ccc(/C=C\c2cc(OC)c(OC)c(OC)c2)cc1C.[B]. The van der Waals surface area contributed by atoms with E-state index in [4.69, 9.17) is 37.9 Å². The van der Waals surface area contributed by atoms with Gasteiger partial charge in [0, 0.05) is 20.9 Å². The number of ether oxygens (including phenoxy) is 8. The molecule has 5 rings (SSSR count). The van der Waals surface area contributed by atoms with Crippen molar-refractivity contribution in [1.29, 1.82) is 0 Å². The molecule has 0 fully saturated rings. The van der Waals surface area contributed by atoms with Crippen molar-refractivity contribution < 1.29 is 42.7 Å². The smallest absolute Gasteiger partial charge is 0.220 e. The van der Waals surface area contributed by atoms with E-state index in [0.717, 1.165) is 39.1 Å². The predicted octanol–water partition coefficient (Wildman–Crippen LogP) is 6.69. The number of hydrogen-bond donors (Lipinski definition) is 1. The number of aryl methyl sites for hydroxylation is 2. The lowest BCUT2D eigenvalue weighted by molar-refractivity contribution is -0.119. The van der Waals surface area contributed by atoms with Crippen LogP contribution >= 0.6 is 0 Å². The van der Waals surface area contributed by atoms with Crippen LogP contribution in [0.5, 0.6) is 46.0 Å². The number of carbonyl (C=O) groups excluding carboxylic acids is 1. The van der Waals surface area contributed by atoms with Gasteiger partial charge in [0.15, 0.2) is 28.7 Å². The molecule has 11 nitrogen and oxygen atoms in total. The molecule has 1 amide bonds. The first-order chi connectivity index (χ1) is 25.1. The molecule has 1 N–H and O–H groups in total. The Balaban J connectivity index is 0.000000288. The maximum absolute atomic E-state index is 12.6. The highest BCUT2D eigenvalue weighted by molar-refractivity contribution is 5.83. The van der Waals surface area contributed by atoms with E-state index in [1.165, 1.54) is 20.1 Å². The molecule has 1 aliphatic carbocycles. The van der Waals surface area contributed by atoms with Crippen LogP contribution in [0.25, 0.3) is 23.3 Å². The summed E-state index contributed by atoms with van der Waals surface area (Å²) in [6.45, 7) is 3.49. The van der Waals surface area contributed by atoms with Crippen LogP contribution in [0.15, 0.2) is 59.4 Å². The number of benzene rings is 3. The van der Waals surface area contributed by atoms with E-state index >= 15 is 0 Å². The first-order valence-electron chi connectivity index (χ1n) is 16.5.